The van der Waals surface area contributed by atoms with Crippen LogP contribution in [-0.2, 0) is 22.6 Å². The van der Waals surface area contributed by atoms with Crippen molar-refractivity contribution in [2.24, 2.45) is 0 Å². The summed E-state index contributed by atoms with van der Waals surface area (Å²) in [5, 5.41) is 2.90. The zero-order valence-electron chi connectivity index (χ0n) is 20.2. The third-order valence-corrected chi connectivity index (χ3v) is 5.42. The zero-order valence-corrected chi connectivity index (χ0v) is 20.2. The number of nitrogens with one attached hydrogen (secondary N) is 1. The van der Waals surface area contributed by atoms with Gasteiger partial charge in [-0.05, 0) is 37.6 Å². The first-order chi connectivity index (χ1) is 16.9. The molecule has 0 fully saturated rings. The second-order valence-electron chi connectivity index (χ2n) is 8.42. The Morgan fingerprint density at radius 1 is 0.914 bits per heavy atom. The molecule has 3 aromatic rings. The molecule has 184 valence electrons. The number of amides is 2. The van der Waals surface area contributed by atoms with Crippen molar-refractivity contribution in [1.29, 1.82) is 0 Å². The highest BCUT2D eigenvalue weighted by Gasteiger charge is 2.31. The van der Waals surface area contributed by atoms with Crippen molar-refractivity contribution in [2.45, 2.75) is 38.9 Å². The van der Waals surface area contributed by atoms with E-state index < -0.39 is 17.8 Å². The van der Waals surface area contributed by atoms with Gasteiger partial charge in [0.2, 0.25) is 5.91 Å². The molecule has 6 nitrogen and oxygen atoms in total. The van der Waals surface area contributed by atoms with Gasteiger partial charge >= 0.3 is 0 Å². The van der Waals surface area contributed by atoms with Crippen LogP contribution in [0.25, 0.3) is 0 Å². The fourth-order valence-corrected chi connectivity index (χ4v) is 3.71. The van der Waals surface area contributed by atoms with Crippen LogP contribution >= 0.6 is 0 Å². The van der Waals surface area contributed by atoms with Gasteiger partial charge in [0.1, 0.15) is 11.9 Å². The molecule has 35 heavy (non-hydrogen) atoms. The van der Waals surface area contributed by atoms with Crippen molar-refractivity contribution in [3.8, 4) is 11.5 Å². The quantitative estimate of drug-likeness (QED) is 0.444. The minimum Gasteiger partial charge on any atom is -0.493 e. The monoisotopic (exact) mass is 478 g/mol. The summed E-state index contributed by atoms with van der Waals surface area (Å²) in [4.78, 5) is 28.2. The molecule has 1 atom stereocenters. The highest BCUT2D eigenvalue weighted by atomic mass is 19.1. The first-order valence-corrected chi connectivity index (χ1v) is 11.5. The molecule has 1 N–H and O–H groups in total. The molecule has 0 saturated carbocycles. The van der Waals surface area contributed by atoms with Crippen molar-refractivity contribution in [3.05, 3.63) is 95.8 Å². The number of hydrogen-bond donors (Lipinski definition) is 1. The molecule has 0 aliphatic heterocycles. The van der Waals surface area contributed by atoms with E-state index in [1.54, 1.807) is 42.5 Å². The molecule has 7 heteroatoms. The highest BCUT2D eigenvalue weighted by Crippen LogP contribution is 2.26. The maximum Gasteiger partial charge on any atom is 0.261 e. The fraction of sp³-hybridized carbons (Fsp3) is 0.286. The largest absolute Gasteiger partial charge is 0.493 e. The number of halogens is 1. The number of para-hydroxylation sites is 2. The number of nitrogens with zero attached hydrogens (tertiary/aromatic N) is 1. The average molecular weight is 479 g/mol. The first kappa shape index (κ1) is 25.7. The molecule has 0 spiro atoms. The standard InChI is InChI=1S/C28H31FN2O4/c1-20(2)30-28(33)24(17-21-11-5-4-6-12-21)31(18-22-13-7-8-14-23(22)29)27(32)19-35-26-16-10-9-15-25(26)34-3/h4-16,20,24H,17-19H2,1-3H3,(H,30,33). The van der Waals surface area contributed by atoms with E-state index in [2.05, 4.69) is 5.32 Å². The predicted molar refractivity (Wildman–Crippen MR) is 133 cm³/mol. The van der Waals surface area contributed by atoms with Crippen molar-refractivity contribution in [3.63, 3.8) is 0 Å². The Kier molecular flexibility index (Phi) is 9.23. The number of rotatable bonds is 11. The summed E-state index contributed by atoms with van der Waals surface area (Å²) >= 11 is 0. The van der Waals surface area contributed by atoms with Crippen LogP contribution in [0.3, 0.4) is 0 Å². The number of carbonyl (C=O) groups excluding carboxylic acids is 2. The lowest BCUT2D eigenvalue weighted by molar-refractivity contribution is -0.143. The maximum atomic E-state index is 14.6. The predicted octanol–water partition coefficient (Wildman–Crippen LogP) is 4.38. The van der Waals surface area contributed by atoms with E-state index >= 15 is 0 Å². The molecular formula is C28H31FN2O4. The summed E-state index contributed by atoms with van der Waals surface area (Å²) in [7, 11) is 1.51. The molecule has 1 unspecified atom stereocenters. The number of hydrogen-bond acceptors (Lipinski definition) is 4. The highest BCUT2D eigenvalue weighted by molar-refractivity contribution is 5.88. The van der Waals surface area contributed by atoms with Gasteiger partial charge in [-0.3, -0.25) is 9.59 Å². The van der Waals surface area contributed by atoms with Crippen LogP contribution in [0.4, 0.5) is 4.39 Å². The minimum atomic E-state index is -0.867. The van der Waals surface area contributed by atoms with E-state index in [-0.39, 0.29) is 31.5 Å². The average Bonchev–Trinajstić information content (AvgIpc) is 2.86. The van der Waals surface area contributed by atoms with Crippen molar-refractivity contribution in [2.75, 3.05) is 13.7 Å². The lowest BCUT2D eigenvalue weighted by atomic mass is 10.0. The van der Waals surface area contributed by atoms with Crippen LogP contribution in [0.15, 0.2) is 78.9 Å². The van der Waals surface area contributed by atoms with E-state index in [4.69, 9.17) is 9.47 Å². The number of carbonyl (C=O) groups is 2. The van der Waals surface area contributed by atoms with Gasteiger partial charge in [0, 0.05) is 24.6 Å². The van der Waals surface area contributed by atoms with Crippen LogP contribution in [0.1, 0.15) is 25.0 Å². The molecule has 0 heterocycles. The Balaban J connectivity index is 1.93. The van der Waals surface area contributed by atoms with Gasteiger partial charge in [0.25, 0.3) is 5.91 Å². The van der Waals surface area contributed by atoms with Crippen molar-refractivity contribution < 1.29 is 23.5 Å². The Morgan fingerprint density at radius 3 is 2.20 bits per heavy atom. The Hall–Kier alpha value is -3.87. The van der Waals surface area contributed by atoms with Gasteiger partial charge in [-0.2, -0.15) is 0 Å². The third kappa shape index (κ3) is 7.30. The Labute approximate surface area is 205 Å². The Bertz CT molecular complexity index is 1120. The van der Waals surface area contributed by atoms with Crippen LogP contribution < -0.4 is 14.8 Å². The molecule has 0 aromatic heterocycles. The van der Waals surface area contributed by atoms with Crippen LogP contribution in [-0.4, -0.2) is 42.5 Å². The van der Waals surface area contributed by atoms with Crippen molar-refractivity contribution in [1.82, 2.24) is 10.2 Å². The van der Waals surface area contributed by atoms with Crippen LogP contribution in [0.2, 0.25) is 0 Å². The van der Waals surface area contributed by atoms with Gasteiger partial charge in [-0.1, -0.05) is 60.7 Å². The second-order valence-corrected chi connectivity index (χ2v) is 8.42. The number of ether oxygens (including phenoxy) is 2. The van der Waals surface area contributed by atoms with Crippen LogP contribution in [0, 0.1) is 5.82 Å². The minimum absolute atomic E-state index is 0.0796. The SMILES string of the molecule is COc1ccccc1OCC(=O)N(Cc1ccccc1F)C(Cc1ccccc1)C(=O)NC(C)C. The summed E-state index contributed by atoms with van der Waals surface area (Å²) in [6.45, 7) is 3.29. The zero-order chi connectivity index (χ0) is 25.2. The van der Waals surface area contributed by atoms with E-state index in [1.165, 1.54) is 18.1 Å². The van der Waals surface area contributed by atoms with Gasteiger partial charge in [0.05, 0.1) is 7.11 Å². The van der Waals surface area contributed by atoms with Gasteiger partial charge < -0.3 is 19.7 Å². The lowest BCUT2D eigenvalue weighted by Crippen LogP contribution is -2.53. The molecule has 2 amide bonds. The summed E-state index contributed by atoms with van der Waals surface area (Å²) in [5.41, 5.74) is 1.20. The number of benzene rings is 3. The second kappa shape index (κ2) is 12.6. The first-order valence-electron chi connectivity index (χ1n) is 11.5. The van der Waals surface area contributed by atoms with Crippen LogP contribution in [0.5, 0.6) is 11.5 Å². The molecule has 0 bridgehead atoms. The molecule has 0 aliphatic carbocycles. The third-order valence-electron chi connectivity index (χ3n) is 5.42. The van der Waals surface area contributed by atoms with Gasteiger partial charge in [-0.15, -0.1) is 0 Å². The smallest absolute Gasteiger partial charge is 0.261 e. The summed E-state index contributed by atoms with van der Waals surface area (Å²) in [6, 6.07) is 21.7. The Morgan fingerprint density at radius 2 is 1.54 bits per heavy atom. The van der Waals surface area contributed by atoms with E-state index in [9.17, 15) is 14.0 Å². The molecule has 3 aromatic carbocycles. The maximum absolute atomic E-state index is 14.6. The summed E-state index contributed by atoms with van der Waals surface area (Å²) in [6.07, 6.45) is 0.272. The molecule has 0 saturated heterocycles. The van der Waals surface area contributed by atoms with Crippen molar-refractivity contribution >= 4 is 11.8 Å². The van der Waals surface area contributed by atoms with E-state index in [0.717, 1.165) is 5.56 Å². The summed E-state index contributed by atoms with van der Waals surface area (Å²) in [5.74, 6) is -0.316. The molecule has 3 rings (SSSR count). The molecule has 0 aliphatic rings. The topological polar surface area (TPSA) is 67.9 Å². The molecule has 0 radical (unpaired) electrons. The van der Waals surface area contributed by atoms with E-state index in [1.807, 2.05) is 44.2 Å². The summed E-state index contributed by atoms with van der Waals surface area (Å²) < 4.78 is 25.6. The molecular weight excluding hydrogens is 447 g/mol. The normalized spacial score (nSPS) is 11.6. The number of methoxy groups -OCH3 is 1. The van der Waals surface area contributed by atoms with Gasteiger partial charge in [-0.25, -0.2) is 4.39 Å². The van der Waals surface area contributed by atoms with Gasteiger partial charge in [0.15, 0.2) is 18.1 Å². The fourth-order valence-electron chi connectivity index (χ4n) is 3.71. The van der Waals surface area contributed by atoms with E-state index in [0.29, 0.717) is 17.1 Å². The lowest BCUT2D eigenvalue weighted by Gasteiger charge is -2.32.